The summed E-state index contributed by atoms with van der Waals surface area (Å²) >= 11 is 0. The number of hydrogen-bond donors (Lipinski definition) is 9. The molecular weight excluding hydrogens is 1670 g/mol. The Kier molecular flexibility index (Phi) is 36.8. The molecule has 2 fully saturated rings. The van der Waals surface area contributed by atoms with Crippen molar-refractivity contribution >= 4 is 71.0 Å². The molecule has 2 saturated heterocycles. The van der Waals surface area contributed by atoms with Crippen molar-refractivity contribution in [3.63, 3.8) is 0 Å². The third-order valence-corrected chi connectivity index (χ3v) is 17.9. The molecule has 622 valence electrons. The number of urea groups is 2. The zero-order chi connectivity index (χ0) is 83.5. The molecule has 0 saturated carbocycles. The zero-order valence-corrected chi connectivity index (χ0v) is 65.4. The summed E-state index contributed by atoms with van der Waals surface area (Å²) in [7, 11) is 0. The molecule has 7 amide bonds. The number of carboxylic acid groups (broad SMARTS) is 5. The second-order valence-corrected chi connectivity index (χ2v) is 27.3. The van der Waals surface area contributed by atoms with Crippen LogP contribution in [0.2, 0.25) is 0 Å². The van der Waals surface area contributed by atoms with Crippen molar-refractivity contribution in [2.45, 2.75) is 96.8 Å². The van der Waals surface area contributed by atoms with Crippen LogP contribution in [0.3, 0.4) is 0 Å². The Balaban J connectivity index is 0.000000295. The molecule has 0 radical (unpaired) electrons. The van der Waals surface area contributed by atoms with E-state index in [4.69, 9.17) is 36.9 Å². The molecule has 4 atom stereocenters. The minimum atomic E-state index is -1.58. The second-order valence-electron chi connectivity index (χ2n) is 27.3. The van der Waals surface area contributed by atoms with E-state index in [9.17, 15) is 68.4 Å². The average molecular weight is 1760 g/mol. The molecule has 35 nitrogen and oxygen atoms in total. The van der Waals surface area contributed by atoms with Crippen LogP contribution in [0.4, 0.5) is 21.0 Å². The van der Waals surface area contributed by atoms with Crippen molar-refractivity contribution in [3.05, 3.63) is 239 Å². The van der Waals surface area contributed by atoms with Crippen LogP contribution in [-0.2, 0) is 95.2 Å². The van der Waals surface area contributed by atoms with Gasteiger partial charge in [0, 0.05) is 89.9 Å². The predicted octanol–water partition coefficient (Wildman–Crippen LogP) is 2.44. The van der Waals surface area contributed by atoms with Gasteiger partial charge >= 0.3 is 56.6 Å². The number of pyridine rings is 2. The summed E-state index contributed by atoms with van der Waals surface area (Å²) in [6.45, 7) is 3.95. The molecule has 10 rings (SSSR count). The van der Waals surface area contributed by atoms with Crippen LogP contribution in [0.25, 0.3) is 22.3 Å². The van der Waals surface area contributed by atoms with Crippen LogP contribution in [0.5, 0.6) is 0 Å². The Morgan fingerprint density at radius 1 is 0.436 bits per heavy atom. The first-order valence-electron chi connectivity index (χ1n) is 35.8. The number of anilines is 2. The minimum absolute atomic E-state index is 0. The third kappa shape index (κ3) is 27.0. The van der Waals surface area contributed by atoms with E-state index in [1.54, 1.807) is 161 Å². The summed E-state index contributed by atoms with van der Waals surface area (Å²) in [6.07, 6.45) is -1.90. The first-order chi connectivity index (χ1) is 54.9. The largest absolute Gasteiger partial charge is 3.00 e. The fourth-order valence-corrected chi connectivity index (χ4v) is 13.2. The Labute approximate surface area is 703 Å². The SMILES string of the molecule is C.CC(CN(Cc1cc(-c2cccc(N)c2)cc(CN(CC(C)OO)CC(C)OO)n1)CC(C)OO)OO.O=C(O)CN1C(=O)NC(c2ccccc2)(c2ccccc2)C1=O.O=C([O-])CN(CC(=O)[O-])Cc1cc(-c2cccc(NC(=O)CN3C(=O)NC(c4ccccc4)(c4ccccc4)C3=O)c2)cc(CN(CC(=O)[O-])CC(=O)[O-])n1.[Tb+3]. The van der Waals surface area contributed by atoms with Crippen molar-refractivity contribution in [1.29, 1.82) is 0 Å². The summed E-state index contributed by atoms with van der Waals surface area (Å²) in [6, 6.07) is 54.0. The molecule has 0 bridgehead atoms. The smallest absolute Gasteiger partial charge is 0.549 e. The van der Waals surface area contributed by atoms with Crippen molar-refractivity contribution in [2.75, 3.05) is 76.5 Å². The van der Waals surface area contributed by atoms with Crippen LogP contribution in [-0.4, -0.2) is 215 Å². The van der Waals surface area contributed by atoms with E-state index >= 15 is 0 Å². The van der Waals surface area contributed by atoms with Crippen LogP contribution in [0.15, 0.2) is 194 Å². The summed E-state index contributed by atoms with van der Waals surface area (Å²) < 4.78 is 0. The van der Waals surface area contributed by atoms with Crippen LogP contribution in [0, 0.1) is 38.6 Å². The van der Waals surface area contributed by atoms with Gasteiger partial charge in [0.15, 0.2) is 11.1 Å². The number of nitrogens with two attached hydrogens (primary N) is 1. The number of aliphatic carboxylic acids is 5. The van der Waals surface area contributed by atoms with E-state index in [0.717, 1.165) is 42.1 Å². The molecule has 8 aromatic rings. The number of carbonyl (C=O) groups is 10. The minimum Gasteiger partial charge on any atom is -0.549 e. The molecule has 2 aliphatic rings. The van der Waals surface area contributed by atoms with Gasteiger partial charge in [0.25, 0.3) is 11.8 Å². The predicted molar refractivity (Wildman–Crippen MR) is 408 cm³/mol. The molecule has 2 aliphatic heterocycles. The molecule has 4 heterocycles. The van der Waals surface area contributed by atoms with Gasteiger partial charge in [-0.05, 0) is 121 Å². The molecule has 2 aromatic heterocycles. The van der Waals surface area contributed by atoms with Crippen LogP contribution >= 0.6 is 0 Å². The first kappa shape index (κ1) is 94.8. The van der Waals surface area contributed by atoms with E-state index < -0.39 is 134 Å². The number of benzene rings is 6. The van der Waals surface area contributed by atoms with Gasteiger partial charge in [-0.15, -0.1) is 0 Å². The van der Waals surface area contributed by atoms with Crippen LogP contribution in [0.1, 0.15) is 80.2 Å². The molecule has 117 heavy (non-hydrogen) atoms. The fraction of sp³-hybridized carbons (Fsp3) is 0.309. The average Bonchev–Trinajstić information content (AvgIpc) is 1.65. The van der Waals surface area contributed by atoms with Gasteiger partial charge in [-0.1, -0.05) is 153 Å². The molecule has 4 unspecified atom stereocenters. The molecular formula is C81H90N12O23Tb-. The third-order valence-electron chi connectivity index (χ3n) is 17.9. The Bertz CT molecular complexity index is 4440. The number of imide groups is 2. The van der Waals surface area contributed by atoms with E-state index in [2.05, 4.69) is 40.5 Å². The van der Waals surface area contributed by atoms with E-state index in [1.807, 2.05) is 46.2 Å². The molecule has 6 aromatic carbocycles. The topological polar surface area (TPSA) is 508 Å². The number of nitrogens with one attached hydrogen (secondary N) is 3. The van der Waals surface area contributed by atoms with Gasteiger partial charge in [-0.3, -0.25) is 79.6 Å². The van der Waals surface area contributed by atoms with Gasteiger partial charge in [0.1, 0.15) is 37.5 Å². The number of rotatable bonds is 39. The van der Waals surface area contributed by atoms with Gasteiger partial charge in [0.2, 0.25) is 5.91 Å². The van der Waals surface area contributed by atoms with Crippen LogP contribution < -0.4 is 42.1 Å². The summed E-state index contributed by atoms with van der Waals surface area (Å²) in [4.78, 5) is 157. The molecule has 10 N–H and O–H groups in total. The number of nitrogen functional groups attached to an aromatic ring is 1. The van der Waals surface area contributed by atoms with E-state index in [1.165, 1.54) is 24.3 Å². The van der Waals surface area contributed by atoms with Gasteiger partial charge in [-0.2, -0.15) is 0 Å². The monoisotopic (exact) mass is 1760 g/mol. The van der Waals surface area contributed by atoms with E-state index in [0.29, 0.717) is 78.3 Å². The van der Waals surface area contributed by atoms with Crippen molar-refractivity contribution < 1.29 is 153 Å². The number of aromatic nitrogens is 2. The standard InChI is InChI=1S/C38H36N6O11.C25H40N4O8.C17H14N2O4.CH4.Tb/c45-31(19-44-36(54)38(41-37(44)55,26-9-3-1-4-10-26)27-11-5-2-6-12-27)40-28-13-7-8-24(14-28)25-15-29(17-42(20-32(46)47)21-33(48)49)39-30(16-25)18-43(22-34(50)51)23-35(52)53;1-17(34-30)11-28(12-18(2)35-31)15-24-9-22(21-6-5-7-23(26)8-21)10-25(27-24)16-29(13-19(3)36-32)14-20(4)37-33;20-14(21)11-19-15(22)17(18-16(19)23,12-7-3-1-4-8-12)13-9-5-2-6-10-13;;/h1-16H,17-23H2,(H,40,45)(H,41,55)(H,46,47)(H,48,49)(H,50,51)(H,52,53);5-10,17-20,30-33H,11-16,26H2,1-4H3;1-10H,11H2,(H,18,23)(H,20,21);1H4;/q;;;;+3/p-4. The Morgan fingerprint density at radius 2 is 0.735 bits per heavy atom. The van der Waals surface area contributed by atoms with Gasteiger partial charge in [0.05, 0.1) is 46.7 Å². The van der Waals surface area contributed by atoms with Crippen molar-refractivity contribution in [3.8, 4) is 22.3 Å². The number of nitrogens with zero attached hydrogens (tertiary/aromatic N) is 8. The number of hydrogen-bond acceptors (Lipinski definition) is 29. The Morgan fingerprint density at radius 3 is 1.03 bits per heavy atom. The quantitative estimate of drug-likeness (QED) is 0.0116. The second kappa shape index (κ2) is 45.4. The van der Waals surface area contributed by atoms with Gasteiger partial charge < -0.3 is 66.4 Å². The van der Waals surface area contributed by atoms with E-state index in [-0.39, 0.29) is 76.2 Å². The number of carboxylic acids is 5. The molecule has 36 heteroatoms. The summed E-state index contributed by atoms with van der Waals surface area (Å²) in [5, 5.41) is 98.7. The molecule has 0 spiro atoms. The summed E-state index contributed by atoms with van der Waals surface area (Å²) in [5.74, 6) is -9.51. The van der Waals surface area contributed by atoms with Gasteiger partial charge in [-0.25, -0.2) is 29.1 Å². The first-order valence-corrected chi connectivity index (χ1v) is 35.8. The normalized spacial score (nSPS) is 14.3. The maximum Gasteiger partial charge on any atom is 3.00 e. The number of carbonyl (C=O) groups excluding carboxylic acids is 9. The Hall–Kier alpha value is -11.1. The number of amides is 7. The van der Waals surface area contributed by atoms with Crippen molar-refractivity contribution in [2.24, 2.45) is 0 Å². The molecule has 0 aliphatic carbocycles. The van der Waals surface area contributed by atoms with Crippen molar-refractivity contribution in [1.82, 2.24) is 50.0 Å². The maximum atomic E-state index is 14.0. The summed E-state index contributed by atoms with van der Waals surface area (Å²) in [5.41, 5.74) is 10.4. The maximum absolute atomic E-state index is 14.0. The fourth-order valence-electron chi connectivity index (χ4n) is 13.2. The zero-order valence-electron chi connectivity index (χ0n) is 63.3.